The minimum absolute atomic E-state index is 0.167. The molecule has 0 aromatic rings. The van der Waals surface area contributed by atoms with Crippen LogP contribution in [0.4, 0.5) is 0 Å². The fourth-order valence-corrected chi connectivity index (χ4v) is 2.12. The van der Waals surface area contributed by atoms with Crippen LogP contribution in [0.15, 0.2) is 0 Å². The normalized spacial score (nSPS) is 22.9. The third kappa shape index (κ3) is 4.44. The molecule has 0 aromatic heterocycles. The Bertz CT molecular complexity index is 266. The van der Waals surface area contributed by atoms with E-state index in [0.717, 1.165) is 36.7 Å². The van der Waals surface area contributed by atoms with Crippen LogP contribution in [0.2, 0.25) is 0 Å². The molecule has 1 aliphatic carbocycles. The Hall–Kier alpha value is -0.700. The molecule has 0 bridgehead atoms. The minimum atomic E-state index is -0.283. The predicted molar refractivity (Wildman–Crippen MR) is 64.1 cm³/mol. The highest BCUT2D eigenvalue weighted by atomic mass is 16.1. The average Bonchev–Trinajstić information content (AvgIpc) is 2.38. The van der Waals surface area contributed by atoms with E-state index in [1.165, 1.54) is 0 Å². The monoisotopic (exact) mass is 226 g/mol. The molecule has 1 atom stereocenters. The zero-order valence-corrected chi connectivity index (χ0v) is 10.8. The highest BCUT2D eigenvalue weighted by Gasteiger charge is 2.28. The second kappa shape index (κ2) is 5.58. The lowest BCUT2D eigenvalue weighted by atomic mass is 9.92. The molecule has 0 radical (unpaired) electrons. The van der Waals surface area contributed by atoms with Gasteiger partial charge in [0.1, 0.15) is 11.6 Å². The Morgan fingerprint density at radius 3 is 2.56 bits per heavy atom. The molecule has 0 saturated heterocycles. The van der Waals surface area contributed by atoms with Crippen molar-refractivity contribution >= 4 is 11.6 Å². The summed E-state index contributed by atoms with van der Waals surface area (Å²) < 4.78 is 0.784. The molecule has 1 rings (SSSR count). The number of hydrogen-bond donors (Lipinski definition) is 0. The van der Waals surface area contributed by atoms with Crippen molar-refractivity contribution in [1.82, 2.24) is 0 Å². The number of hydrogen-bond acceptors (Lipinski definition) is 2. The first-order valence-corrected chi connectivity index (χ1v) is 6.26. The van der Waals surface area contributed by atoms with E-state index in [0.29, 0.717) is 12.8 Å². The van der Waals surface area contributed by atoms with Crippen molar-refractivity contribution in [3.8, 4) is 0 Å². The van der Waals surface area contributed by atoms with Crippen LogP contribution in [0.25, 0.3) is 0 Å². The van der Waals surface area contributed by atoms with Crippen molar-refractivity contribution in [1.29, 1.82) is 0 Å². The molecule has 0 heterocycles. The summed E-state index contributed by atoms with van der Waals surface area (Å²) >= 11 is 0. The van der Waals surface area contributed by atoms with Crippen LogP contribution in [0.5, 0.6) is 0 Å². The lowest BCUT2D eigenvalue weighted by molar-refractivity contribution is -0.869. The summed E-state index contributed by atoms with van der Waals surface area (Å²) in [4.78, 5) is 23.7. The van der Waals surface area contributed by atoms with E-state index in [1.807, 2.05) is 0 Å². The number of Topliss-reactive ketones (excluding diaryl/α,β-unsaturated/α-hetero) is 2. The summed E-state index contributed by atoms with van der Waals surface area (Å²) in [5.74, 6) is 0.0675. The van der Waals surface area contributed by atoms with Gasteiger partial charge in [-0.3, -0.25) is 9.59 Å². The lowest BCUT2D eigenvalue weighted by Crippen LogP contribution is -2.37. The number of ketones is 2. The quantitative estimate of drug-likeness (QED) is 0.416. The van der Waals surface area contributed by atoms with Crippen LogP contribution >= 0.6 is 0 Å². The second-order valence-electron chi connectivity index (χ2n) is 5.85. The Morgan fingerprint density at radius 1 is 1.25 bits per heavy atom. The summed E-state index contributed by atoms with van der Waals surface area (Å²) in [5, 5.41) is 0. The molecule has 92 valence electrons. The van der Waals surface area contributed by atoms with Crippen molar-refractivity contribution in [2.75, 3.05) is 27.7 Å². The summed E-state index contributed by atoms with van der Waals surface area (Å²) in [6.07, 6.45) is 5.05. The first-order chi connectivity index (χ1) is 7.40. The molecule has 1 fully saturated rings. The summed E-state index contributed by atoms with van der Waals surface area (Å²) in [5.41, 5.74) is 0. The van der Waals surface area contributed by atoms with Gasteiger partial charge in [-0.15, -0.1) is 0 Å². The van der Waals surface area contributed by atoms with Crippen LogP contribution in [0.3, 0.4) is 0 Å². The van der Waals surface area contributed by atoms with E-state index < -0.39 is 0 Å². The fourth-order valence-electron chi connectivity index (χ4n) is 2.12. The predicted octanol–water partition coefficient (Wildman–Crippen LogP) is 1.80. The number of nitrogens with zero attached hydrogens (tertiary/aromatic N) is 1. The van der Waals surface area contributed by atoms with Crippen LogP contribution in [0, 0.1) is 5.92 Å². The van der Waals surface area contributed by atoms with Crippen molar-refractivity contribution in [2.24, 2.45) is 5.92 Å². The molecule has 3 nitrogen and oxygen atoms in total. The van der Waals surface area contributed by atoms with E-state index in [-0.39, 0.29) is 17.5 Å². The number of rotatable bonds is 4. The summed E-state index contributed by atoms with van der Waals surface area (Å²) in [6.45, 7) is 0.822. The van der Waals surface area contributed by atoms with E-state index in [1.54, 1.807) is 0 Å². The van der Waals surface area contributed by atoms with Gasteiger partial charge in [-0.2, -0.15) is 0 Å². The molecular weight excluding hydrogens is 202 g/mol. The van der Waals surface area contributed by atoms with Gasteiger partial charge in [-0.1, -0.05) is 12.8 Å². The van der Waals surface area contributed by atoms with Gasteiger partial charge in [-0.05, 0) is 12.8 Å². The lowest BCUT2D eigenvalue weighted by Gasteiger charge is -2.24. The average molecular weight is 226 g/mol. The first-order valence-electron chi connectivity index (χ1n) is 6.26. The molecule has 3 heteroatoms. The third-order valence-corrected chi connectivity index (χ3v) is 3.22. The first kappa shape index (κ1) is 13.4. The third-order valence-electron chi connectivity index (χ3n) is 3.22. The highest BCUT2D eigenvalue weighted by Crippen LogP contribution is 2.22. The van der Waals surface area contributed by atoms with Crippen molar-refractivity contribution in [2.45, 2.75) is 38.5 Å². The molecule has 1 aliphatic rings. The Labute approximate surface area is 98.4 Å². The SMILES string of the molecule is C[N+](C)(C)CCC(=O)C1CCCCCC1=O. The van der Waals surface area contributed by atoms with Crippen LogP contribution in [-0.2, 0) is 9.59 Å². The maximum atomic E-state index is 12.0. The largest absolute Gasteiger partial charge is 0.331 e. The van der Waals surface area contributed by atoms with E-state index >= 15 is 0 Å². The Morgan fingerprint density at radius 2 is 1.94 bits per heavy atom. The van der Waals surface area contributed by atoms with Gasteiger partial charge in [0, 0.05) is 6.42 Å². The smallest absolute Gasteiger partial charge is 0.148 e. The van der Waals surface area contributed by atoms with Crippen LogP contribution in [0.1, 0.15) is 38.5 Å². The van der Waals surface area contributed by atoms with E-state index in [2.05, 4.69) is 21.1 Å². The summed E-state index contributed by atoms with van der Waals surface area (Å²) in [7, 11) is 6.21. The Kier molecular flexibility index (Phi) is 4.66. The molecule has 0 spiro atoms. The minimum Gasteiger partial charge on any atom is -0.331 e. The van der Waals surface area contributed by atoms with E-state index in [4.69, 9.17) is 0 Å². The molecule has 1 unspecified atom stereocenters. The number of carbonyl (C=O) groups excluding carboxylic acids is 2. The zero-order chi connectivity index (χ0) is 12.2. The fraction of sp³-hybridized carbons (Fsp3) is 0.846. The van der Waals surface area contributed by atoms with Crippen molar-refractivity contribution in [3.05, 3.63) is 0 Å². The van der Waals surface area contributed by atoms with Crippen molar-refractivity contribution in [3.63, 3.8) is 0 Å². The molecule has 1 saturated carbocycles. The van der Waals surface area contributed by atoms with Gasteiger partial charge >= 0.3 is 0 Å². The zero-order valence-electron chi connectivity index (χ0n) is 10.8. The van der Waals surface area contributed by atoms with Gasteiger partial charge in [0.2, 0.25) is 0 Å². The van der Waals surface area contributed by atoms with Gasteiger partial charge < -0.3 is 4.48 Å². The molecule has 0 aromatic carbocycles. The van der Waals surface area contributed by atoms with Gasteiger partial charge in [0.15, 0.2) is 0 Å². The van der Waals surface area contributed by atoms with Crippen molar-refractivity contribution < 1.29 is 14.1 Å². The molecule has 0 amide bonds. The summed E-state index contributed by atoms with van der Waals surface area (Å²) in [6, 6.07) is 0. The van der Waals surface area contributed by atoms with Crippen LogP contribution < -0.4 is 0 Å². The van der Waals surface area contributed by atoms with Gasteiger partial charge in [0.25, 0.3) is 0 Å². The van der Waals surface area contributed by atoms with Gasteiger partial charge in [0.05, 0.1) is 40.0 Å². The Balaban J connectivity index is 2.48. The maximum absolute atomic E-state index is 12.0. The van der Waals surface area contributed by atoms with Crippen LogP contribution in [-0.4, -0.2) is 43.7 Å². The number of carbonyl (C=O) groups is 2. The second-order valence-corrected chi connectivity index (χ2v) is 5.85. The van der Waals surface area contributed by atoms with Gasteiger partial charge in [-0.25, -0.2) is 0 Å². The topological polar surface area (TPSA) is 34.1 Å². The highest BCUT2D eigenvalue weighted by molar-refractivity contribution is 6.02. The standard InChI is InChI=1S/C13H24NO2/c1-14(2,3)10-9-13(16)11-7-5-4-6-8-12(11)15/h11H,4-10H2,1-3H3/q+1. The molecule has 16 heavy (non-hydrogen) atoms. The number of quaternary nitrogens is 1. The molecule has 0 N–H and O–H groups in total. The molecular formula is C13H24NO2+. The molecule has 0 aliphatic heterocycles. The maximum Gasteiger partial charge on any atom is 0.148 e. The van der Waals surface area contributed by atoms with E-state index in [9.17, 15) is 9.59 Å².